The second-order valence-corrected chi connectivity index (χ2v) is 8.75. The van der Waals surface area contributed by atoms with Crippen LogP contribution in [0.15, 0.2) is 52.4 Å². The number of rotatable bonds is 5. The van der Waals surface area contributed by atoms with Crippen molar-refractivity contribution in [1.82, 2.24) is 4.72 Å². The van der Waals surface area contributed by atoms with Crippen molar-refractivity contribution >= 4 is 27.6 Å². The van der Waals surface area contributed by atoms with Gasteiger partial charge in [-0.05, 0) is 55.5 Å². The summed E-state index contributed by atoms with van der Waals surface area (Å²) in [4.78, 5) is 28.9. The SMILES string of the molecule is C[C@H](OC(=O)CN=C1NS(=O)(=O)c2ccccc21)C(=O)c1ccc2c(c1)CCC2. The highest BCUT2D eigenvalue weighted by molar-refractivity contribution is 7.90. The molecule has 0 amide bonds. The van der Waals surface area contributed by atoms with Crippen LogP contribution >= 0.6 is 0 Å². The number of esters is 1. The molecule has 0 aromatic heterocycles. The molecule has 150 valence electrons. The van der Waals surface area contributed by atoms with Crippen LogP contribution in [0, 0.1) is 0 Å². The molecule has 1 N–H and O–H groups in total. The third kappa shape index (κ3) is 3.80. The lowest BCUT2D eigenvalue weighted by Gasteiger charge is -2.12. The fourth-order valence-corrected chi connectivity index (χ4v) is 4.89. The van der Waals surface area contributed by atoms with Crippen LogP contribution < -0.4 is 4.72 Å². The zero-order valence-electron chi connectivity index (χ0n) is 15.8. The first-order valence-electron chi connectivity index (χ1n) is 9.37. The largest absolute Gasteiger partial charge is 0.453 e. The standard InChI is InChI=1S/C21H20N2O5S/c1-13(20(25)16-10-9-14-5-4-6-15(14)11-16)28-19(24)12-22-21-17-7-2-3-8-18(17)29(26,27)23-21/h2-3,7-11,13H,4-6,12H2,1H3,(H,22,23)/t13-/m0/s1. The van der Waals surface area contributed by atoms with Crippen molar-refractivity contribution in [2.24, 2.45) is 4.99 Å². The molecule has 0 spiro atoms. The van der Waals surface area contributed by atoms with Crippen molar-refractivity contribution in [3.05, 3.63) is 64.7 Å². The molecule has 0 radical (unpaired) electrons. The summed E-state index contributed by atoms with van der Waals surface area (Å²) < 4.78 is 31.7. The minimum absolute atomic E-state index is 0.0927. The summed E-state index contributed by atoms with van der Waals surface area (Å²) in [5.74, 6) is -0.883. The Morgan fingerprint density at radius 1 is 1.14 bits per heavy atom. The molecule has 1 aliphatic carbocycles. The van der Waals surface area contributed by atoms with Crippen LogP contribution in [0.25, 0.3) is 0 Å². The maximum Gasteiger partial charge on any atom is 0.328 e. The number of aliphatic imine (C=N–C) groups is 1. The van der Waals surface area contributed by atoms with Crippen LogP contribution in [0.5, 0.6) is 0 Å². The number of aryl methyl sites for hydroxylation is 2. The molecule has 29 heavy (non-hydrogen) atoms. The molecule has 8 heteroatoms. The highest BCUT2D eigenvalue weighted by Crippen LogP contribution is 2.24. The second kappa shape index (κ2) is 7.44. The number of hydrogen-bond donors (Lipinski definition) is 1. The highest BCUT2D eigenvalue weighted by Gasteiger charge is 2.30. The minimum atomic E-state index is -3.67. The lowest BCUT2D eigenvalue weighted by Crippen LogP contribution is -2.27. The van der Waals surface area contributed by atoms with E-state index in [0.29, 0.717) is 11.1 Å². The first kappa shape index (κ1) is 19.3. The highest BCUT2D eigenvalue weighted by atomic mass is 32.2. The number of nitrogens with one attached hydrogen (secondary N) is 1. The van der Waals surface area contributed by atoms with Crippen molar-refractivity contribution < 1.29 is 22.7 Å². The molecule has 0 saturated carbocycles. The number of carbonyl (C=O) groups excluding carboxylic acids is 2. The molecule has 7 nitrogen and oxygen atoms in total. The number of fused-ring (bicyclic) bond motifs is 2. The van der Waals surface area contributed by atoms with E-state index in [1.165, 1.54) is 24.1 Å². The smallest absolute Gasteiger partial charge is 0.328 e. The molecule has 0 fully saturated rings. The summed E-state index contributed by atoms with van der Waals surface area (Å²) in [7, 11) is -3.67. The zero-order chi connectivity index (χ0) is 20.6. The van der Waals surface area contributed by atoms with Crippen molar-refractivity contribution in [3.8, 4) is 0 Å². The van der Waals surface area contributed by atoms with Crippen LogP contribution in [-0.4, -0.2) is 38.7 Å². The lowest BCUT2D eigenvalue weighted by atomic mass is 10.0. The number of nitrogens with zero attached hydrogens (tertiary/aromatic N) is 1. The molecule has 2 aromatic carbocycles. The molecular weight excluding hydrogens is 392 g/mol. The van der Waals surface area contributed by atoms with Gasteiger partial charge >= 0.3 is 5.97 Å². The molecular formula is C21H20N2O5S. The summed E-state index contributed by atoms with van der Waals surface area (Å²) in [6.07, 6.45) is 2.13. The Morgan fingerprint density at radius 3 is 2.72 bits per heavy atom. The molecule has 1 aliphatic heterocycles. The topological polar surface area (TPSA) is 102 Å². The van der Waals surface area contributed by atoms with Gasteiger partial charge in [-0.25, -0.2) is 8.42 Å². The Balaban J connectivity index is 1.41. The summed E-state index contributed by atoms with van der Waals surface area (Å²) in [5.41, 5.74) is 3.37. The molecule has 1 heterocycles. The van der Waals surface area contributed by atoms with E-state index < -0.39 is 28.6 Å². The van der Waals surface area contributed by atoms with Gasteiger partial charge in [-0.2, -0.15) is 0 Å². The second-order valence-electron chi connectivity index (χ2n) is 7.10. The van der Waals surface area contributed by atoms with E-state index in [4.69, 9.17) is 4.74 Å². The van der Waals surface area contributed by atoms with E-state index in [1.807, 2.05) is 12.1 Å². The predicted molar refractivity (Wildman–Crippen MR) is 107 cm³/mol. The van der Waals surface area contributed by atoms with Crippen molar-refractivity contribution in [2.75, 3.05) is 6.54 Å². The number of amidine groups is 1. The van der Waals surface area contributed by atoms with Crippen LogP contribution in [0.1, 0.15) is 40.4 Å². The van der Waals surface area contributed by atoms with Gasteiger partial charge in [0.05, 0.1) is 4.90 Å². The Hall–Kier alpha value is -3.00. The maximum absolute atomic E-state index is 12.6. The van der Waals surface area contributed by atoms with Crippen LogP contribution in [-0.2, 0) is 32.4 Å². The van der Waals surface area contributed by atoms with Crippen molar-refractivity contribution in [3.63, 3.8) is 0 Å². The van der Waals surface area contributed by atoms with Gasteiger partial charge in [-0.15, -0.1) is 0 Å². The van der Waals surface area contributed by atoms with Gasteiger partial charge in [-0.3, -0.25) is 19.3 Å². The molecule has 0 unspecified atom stereocenters. The van der Waals surface area contributed by atoms with Gasteiger partial charge in [-0.1, -0.05) is 24.3 Å². The molecule has 2 aliphatic rings. The Morgan fingerprint density at radius 2 is 1.90 bits per heavy atom. The van der Waals surface area contributed by atoms with E-state index in [2.05, 4.69) is 9.71 Å². The third-order valence-electron chi connectivity index (χ3n) is 5.09. The van der Waals surface area contributed by atoms with Gasteiger partial charge in [0.15, 0.2) is 6.10 Å². The van der Waals surface area contributed by atoms with Gasteiger partial charge in [0, 0.05) is 11.1 Å². The summed E-state index contributed by atoms with van der Waals surface area (Å²) in [6, 6.07) is 12.0. The molecule has 1 atom stereocenters. The van der Waals surface area contributed by atoms with Crippen molar-refractivity contribution in [2.45, 2.75) is 37.2 Å². The van der Waals surface area contributed by atoms with Crippen LogP contribution in [0.3, 0.4) is 0 Å². The van der Waals surface area contributed by atoms with E-state index in [-0.39, 0.29) is 16.5 Å². The predicted octanol–water partition coefficient (Wildman–Crippen LogP) is 2.03. The Kier molecular flexibility index (Phi) is 4.96. The number of sulfonamides is 1. The monoisotopic (exact) mass is 412 g/mol. The van der Waals surface area contributed by atoms with Gasteiger partial charge in [0.25, 0.3) is 10.0 Å². The molecule has 0 saturated heterocycles. The molecule has 0 bridgehead atoms. The fraction of sp³-hybridized carbons (Fsp3) is 0.286. The van der Waals surface area contributed by atoms with Gasteiger partial charge < -0.3 is 4.74 Å². The first-order chi connectivity index (χ1) is 13.8. The quantitative estimate of drug-likeness (QED) is 0.598. The number of carbonyl (C=O) groups is 2. The number of Topliss-reactive ketones (excluding diaryl/α,β-unsaturated/α-hetero) is 1. The minimum Gasteiger partial charge on any atom is -0.453 e. The van der Waals surface area contributed by atoms with Gasteiger partial charge in [0.2, 0.25) is 5.78 Å². The number of ether oxygens (including phenoxy) is 1. The van der Waals surface area contributed by atoms with Crippen LogP contribution in [0.2, 0.25) is 0 Å². The summed E-state index contributed by atoms with van der Waals surface area (Å²) in [6.45, 7) is 1.13. The Bertz CT molecular complexity index is 1140. The number of benzene rings is 2. The Labute approximate surface area is 168 Å². The third-order valence-corrected chi connectivity index (χ3v) is 6.49. The van der Waals surface area contributed by atoms with E-state index in [0.717, 1.165) is 19.3 Å². The summed E-state index contributed by atoms with van der Waals surface area (Å²) >= 11 is 0. The zero-order valence-corrected chi connectivity index (χ0v) is 16.7. The fourth-order valence-electron chi connectivity index (χ4n) is 3.64. The lowest BCUT2D eigenvalue weighted by molar-refractivity contribution is -0.144. The average Bonchev–Trinajstić information content (AvgIpc) is 3.27. The normalized spacial score (nSPS) is 18.6. The molecule has 2 aromatic rings. The van der Waals surface area contributed by atoms with E-state index in [9.17, 15) is 18.0 Å². The number of hydrogen-bond acceptors (Lipinski definition) is 6. The van der Waals surface area contributed by atoms with Gasteiger partial charge in [0.1, 0.15) is 12.4 Å². The van der Waals surface area contributed by atoms with Crippen LogP contribution in [0.4, 0.5) is 0 Å². The van der Waals surface area contributed by atoms with E-state index in [1.54, 1.807) is 24.3 Å². The maximum atomic E-state index is 12.6. The average molecular weight is 412 g/mol. The first-order valence-corrected chi connectivity index (χ1v) is 10.9. The molecule has 4 rings (SSSR count). The van der Waals surface area contributed by atoms with Crippen molar-refractivity contribution in [1.29, 1.82) is 0 Å². The van der Waals surface area contributed by atoms with E-state index >= 15 is 0 Å². The summed E-state index contributed by atoms with van der Waals surface area (Å²) in [5, 5.41) is 0. The number of ketones is 1.